The molecule has 0 radical (unpaired) electrons. The third kappa shape index (κ3) is 5.73. The van der Waals surface area contributed by atoms with Gasteiger partial charge in [-0.05, 0) is 162 Å². The minimum Gasteiger partial charge on any atom is -0.310 e. The number of benzene rings is 12. The summed E-state index contributed by atoms with van der Waals surface area (Å²) in [5, 5.41) is 0. The van der Waals surface area contributed by atoms with E-state index in [0.717, 1.165) is 28.4 Å². The Morgan fingerprint density at radius 3 is 1.12 bits per heavy atom. The lowest BCUT2D eigenvalue weighted by atomic mass is 9.64. The Kier molecular flexibility index (Phi) is 9.32. The molecule has 80 heavy (non-hydrogen) atoms. The molecular weight excluding hydrogens is 967 g/mol. The first-order valence-electron chi connectivity index (χ1n) is 28.1. The normalized spacial score (nSPS) is 15.1. The van der Waals surface area contributed by atoms with E-state index in [1.807, 2.05) is 0 Å². The van der Waals surface area contributed by atoms with Crippen LogP contribution in [-0.2, 0) is 16.2 Å². The largest absolute Gasteiger partial charge is 0.310 e. The zero-order valence-electron chi connectivity index (χ0n) is 44.5. The highest BCUT2D eigenvalue weighted by molar-refractivity contribution is 6.03. The molecule has 0 atom stereocenters. The summed E-state index contributed by atoms with van der Waals surface area (Å²) < 4.78 is 0. The summed E-state index contributed by atoms with van der Waals surface area (Å²) in [7, 11) is 0. The summed E-state index contributed by atoms with van der Waals surface area (Å²) in [6.45, 7) is 4.80. The second-order valence-corrected chi connectivity index (χ2v) is 22.7. The predicted molar refractivity (Wildman–Crippen MR) is 330 cm³/mol. The quantitative estimate of drug-likeness (QED) is 0.170. The van der Waals surface area contributed by atoms with Crippen LogP contribution in [0.5, 0.6) is 0 Å². The Morgan fingerprint density at radius 1 is 0.263 bits per heavy atom. The smallest absolute Gasteiger partial charge is 0.0755 e. The van der Waals surface area contributed by atoms with Crippen molar-refractivity contribution in [1.82, 2.24) is 0 Å². The molecule has 0 aromatic heterocycles. The zero-order valence-corrected chi connectivity index (χ0v) is 44.5. The first kappa shape index (κ1) is 45.1. The lowest BCUT2D eigenvalue weighted by Gasteiger charge is -2.45. The molecule has 0 saturated heterocycles. The molecule has 376 valence electrons. The van der Waals surface area contributed by atoms with E-state index in [9.17, 15) is 0 Å². The van der Waals surface area contributed by atoms with E-state index in [1.54, 1.807) is 0 Å². The molecular formula is C77H53N3. The van der Waals surface area contributed by atoms with Crippen LogP contribution in [0.3, 0.4) is 0 Å². The molecule has 12 aromatic carbocycles. The number of anilines is 9. The van der Waals surface area contributed by atoms with Crippen LogP contribution in [-0.4, -0.2) is 0 Å². The van der Waals surface area contributed by atoms with Crippen LogP contribution < -0.4 is 14.7 Å². The maximum atomic E-state index is 2.61. The van der Waals surface area contributed by atoms with Crippen LogP contribution in [0, 0.1) is 0 Å². The summed E-state index contributed by atoms with van der Waals surface area (Å²) >= 11 is 0. The number of para-hydroxylation sites is 6. The number of hydrogen-bond donors (Lipinski definition) is 0. The first-order valence-corrected chi connectivity index (χ1v) is 28.1. The van der Waals surface area contributed by atoms with Gasteiger partial charge in [-0.1, -0.05) is 220 Å². The number of nitrogens with zero attached hydrogens (tertiary/aromatic N) is 3. The fourth-order valence-electron chi connectivity index (χ4n) is 15.5. The van der Waals surface area contributed by atoms with Crippen LogP contribution in [0.2, 0.25) is 0 Å². The van der Waals surface area contributed by atoms with E-state index in [2.05, 4.69) is 314 Å². The summed E-state index contributed by atoms with van der Waals surface area (Å²) in [6.07, 6.45) is 0. The molecule has 0 unspecified atom stereocenters. The molecule has 0 amide bonds. The molecule has 3 nitrogen and oxygen atoms in total. The molecule has 2 aliphatic heterocycles. The van der Waals surface area contributed by atoms with E-state index >= 15 is 0 Å². The van der Waals surface area contributed by atoms with Crippen molar-refractivity contribution in [2.24, 2.45) is 0 Å². The van der Waals surface area contributed by atoms with Gasteiger partial charge in [-0.3, -0.25) is 0 Å². The predicted octanol–water partition coefficient (Wildman–Crippen LogP) is 19.8. The highest BCUT2D eigenvalue weighted by Gasteiger charge is 2.54. The summed E-state index contributed by atoms with van der Waals surface area (Å²) in [4.78, 5) is 7.55. The SMILES string of the molecule is CC1(C)c2ccccc2-c2ccc(N(c3ccc4c(c3)C3(c5ccccc5-4)c4ccccc4N(c4ccccc4)c4ccccc43)c3cccc4c3-c3ccccc3C43c4ccccc4N(c4ccccc4)c4ccccc43)cc21. The van der Waals surface area contributed by atoms with E-state index in [4.69, 9.17) is 0 Å². The summed E-state index contributed by atoms with van der Waals surface area (Å²) in [5.41, 5.74) is 29.5. The molecule has 2 spiro atoms. The molecule has 5 aliphatic rings. The van der Waals surface area contributed by atoms with Crippen molar-refractivity contribution in [2.45, 2.75) is 30.1 Å². The third-order valence-electron chi connectivity index (χ3n) is 18.6. The van der Waals surface area contributed by atoms with Crippen molar-refractivity contribution in [1.29, 1.82) is 0 Å². The van der Waals surface area contributed by atoms with Crippen molar-refractivity contribution < 1.29 is 0 Å². The number of rotatable bonds is 5. The molecule has 0 N–H and O–H groups in total. The average Bonchev–Trinajstić information content (AvgIpc) is 4.18. The van der Waals surface area contributed by atoms with Crippen LogP contribution in [0.1, 0.15) is 69.5 Å². The van der Waals surface area contributed by atoms with Crippen molar-refractivity contribution in [3.8, 4) is 33.4 Å². The van der Waals surface area contributed by atoms with Gasteiger partial charge >= 0.3 is 0 Å². The molecule has 3 heteroatoms. The van der Waals surface area contributed by atoms with Crippen molar-refractivity contribution in [3.05, 3.63) is 341 Å². The van der Waals surface area contributed by atoms with Crippen LogP contribution >= 0.6 is 0 Å². The second kappa shape index (κ2) is 16.5. The highest BCUT2D eigenvalue weighted by Crippen LogP contribution is 2.67. The number of hydrogen-bond acceptors (Lipinski definition) is 3. The molecule has 0 fully saturated rings. The van der Waals surface area contributed by atoms with Gasteiger partial charge in [0.15, 0.2) is 0 Å². The van der Waals surface area contributed by atoms with E-state index in [1.165, 1.54) is 112 Å². The van der Waals surface area contributed by atoms with Gasteiger partial charge in [0.25, 0.3) is 0 Å². The molecule has 3 aliphatic carbocycles. The van der Waals surface area contributed by atoms with Gasteiger partial charge in [0.1, 0.15) is 0 Å². The summed E-state index contributed by atoms with van der Waals surface area (Å²) in [5.74, 6) is 0. The minimum atomic E-state index is -0.636. The van der Waals surface area contributed by atoms with Crippen molar-refractivity contribution >= 4 is 51.2 Å². The standard InChI is InChI=1S/C77H53N3/c1-75(2)59-31-12-9-28-54(59)56-46-44-52(48-67(56)75)78(53-45-47-57-55-29-10-13-32-60(55)77(68(57)49-53)64-36-17-21-41-71(64)80(51-26-7-4-8-27-51)72-42-22-18-37-65(72)77)73-43-23-38-66-74(73)58-30-11-14-33-61(58)76(66)62-34-15-19-39-69(62)79(50-24-5-3-6-25-50)70-40-20-16-35-63(70)76/h3-49H,1-2H3. The van der Waals surface area contributed by atoms with Gasteiger partial charge in [0.2, 0.25) is 0 Å². The summed E-state index contributed by atoms with van der Waals surface area (Å²) in [6, 6.07) is 108. The van der Waals surface area contributed by atoms with Gasteiger partial charge in [-0.2, -0.15) is 0 Å². The maximum absolute atomic E-state index is 2.61. The minimum absolute atomic E-state index is 0.215. The first-order chi connectivity index (χ1) is 39.5. The molecule has 0 bridgehead atoms. The van der Waals surface area contributed by atoms with Gasteiger partial charge in [0.05, 0.1) is 39.3 Å². The topological polar surface area (TPSA) is 9.72 Å². The molecule has 12 aromatic rings. The highest BCUT2D eigenvalue weighted by atomic mass is 15.2. The van der Waals surface area contributed by atoms with E-state index < -0.39 is 10.8 Å². The Hall–Kier alpha value is -9.96. The monoisotopic (exact) mass is 1020 g/mol. The fraction of sp³-hybridized carbons (Fsp3) is 0.0649. The van der Waals surface area contributed by atoms with Gasteiger partial charge in [-0.15, -0.1) is 0 Å². The molecule has 2 heterocycles. The molecule has 0 saturated carbocycles. The van der Waals surface area contributed by atoms with Crippen molar-refractivity contribution in [2.75, 3.05) is 14.7 Å². The van der Waals surface area contributed by atoms with Crippen LogP contribution in [0.15, 0.2) is 285 Å². The van der Waals surface area contributed by atoms with Crippen molar-refractivity contribution in [3.63, 3.8) is 0 Å². The van der Waals surface area contributed by atoms with Gasteiger partial charge < -0.3 is 14.7 Å². The van der Waals surface area contributed by atoms with E-state index in [-0.39, 0.29) is 5.41 Å². The lowest BCUT2D eigenvalue weighted by molar-refractivity contribution is 0.660. The molecule has 17 rings (SSSR count). The maximum Gasteiger partial charge on any atom is 0.0755 e. The third-order valence-corrected chi connectivity index (χ3v) is 18.6. The van der Waals surface area contributed by atoms with E-state index in [0.29, 0.717) is 0 Å². The fourth-order valence-corrected chi connectivity index (χ4v) is 15.5. The average molecular weight is 1020 g/mol. The zero-order chi connectivity index (χ0) is 52.9. The van der Waals surface area contributed by atoms with Gasteiger partial charge in [0, 0.05) is 33.7 Å². The Balaban J connectivity index is 0.958. The lowest BCUT2D eigenvalue weighted by Crippen LogP contribution is -2.36. The Labute approximate surface area is 467 Å². The number of fused-ring (bicyclic) bond motifs is 21. The van der Waals surface area contributed by atoms with Gasteiger partial charge in [-0.25, -0.2) is 0 Å². The Morgan fingerprint density at radius 2 is 0.613 bits per heavy atom. The van der Waals surface area contributed by atoms with Crippen LogP contribution in [0.25, 0.3) is 33.4 Å². The van der Waals surface area contributed by atoms with Crippen LogP contribution in [0.4, 0.5) is 51.2 Å². The second-order valence-electron chi connectivity index (χ2n) is 22.7. The Bertz CT molecular complexity index is 4460.